The maximum Gasteiger partial charge on any atom is 0.261 e. The Morgan fingerprint density at radius 1 is 1.20 bits per heavy atom. The lowest BCUT2D eigenvalue weighted by molar-refractivity contribution is 0.315. The lowest BCUT2D eigenvalue weighted by Gasteiger charge is -2.09. The predicted molar refractivity (Wildman–Crippen MR) is 78.7 cm³/mol. The van der Waals surface area contributed by atoms with Crippen molar-refractivity contribution in [1.82, 2.24) is 0 Å². The normalized spacial score (nSPS) is 12.3. The van der Waals surface area contributed by atoms with Gasteiger partial charge in [-0.2, -0.15) is 0 Å². The second-order valence-corrected chi connectivity index (χ2v) is 9.34. The molecule has 0 aliphatic rings. The molecular weight excluding hydrogens is 324 g/mol. The first-order valence-corrected chi connectivity index (χ1v) is 10.2. The minimum absolute atomic E-state index is 0.0116. The van der Waals surface area contributed by atoms with Gasteiger partial charge >= 0.3 is 0 Å². The summed E-state index contributed by atoms with van der Waals surface area (Å²) in [5.74, 6) is 0.716. The molecule has 0 N–H and O–H groups in total. The van der Waals surface area contributed by atoms with Gasteiger partial charge in [-0.05, 0) is 37.1 Å². The Kier molecular flexibility index (Phi) is 5.85. The number of hydrogen-bond donors (Lipinski definition) is 0. The maximum absolute atomic E-state index is 11.3. The van der Waals surface area contributed by atoms with Gasteiger partial charge in [-0.15, -0.1) is 0 Å². The summed E-state index contributed by atoms with van der Waals surface area (Å²) in [6, 6.07) is 4.28. The fourth-order valence-electron chi connectivity index (χ4n) is 1.54. The molecule has 114 valence electrons. The summed E-state index contributed by atoms with van der Waals surface area (Å²) in [5.41, 5.74) is 0.630. The van der Waals surface area contributed by atoms with Crippen molar-refractivity contribution >= 4 is 29.6 Å². The smallest absolute Gasteiger partial charge is 0.261 e. The van der Waals surface area contributed by atoms with Crippen LogP contribution in [0.15, 0.2) is 23.1 Å². The molecule has 0 atom stereocenters. The van der Waals surface area contributed by atoms with E-state index in [9.17, 15) is 16.8 Å². The van der Waals surface area contributed by atoms with E-state index in [-0.39, 0.29) is 23.0 Å². The van der Waals surface area contributed by atoms with Crippen LogP contribution in [-0.2, 0) is 18.9 Å². The maximum atomic E-state index is 11.3. The molecule has 1 aromatic rings. The Hall–Kier alpha value is -0.790. The Balaban J connectivity index is 2.62. The van der Waals surface area contributed by atoms with Crippen LogP contribution in [0.3, 0.4) is 0 Å². The summed E-state index contributed by atoms with van der Waals surface area (Å²) in [6.45, 7) is 3.56. The molecule has 1 aromatic carbocycles. The highest BCUT2D eigenvalue weighted by Gasteiger charge is 2.12. The van der Waals surface area contributed by atoms with E-state index in [1.165, 1.54) is 18.2 Å². The van der Waals surface area contributed by atoms with Crippen molar-refractivity contribution < 1.29 is 21.6 Å². The van der Waals surface area contributed by atoms with Crippen LogP contribution < -0.4 is 4.74 Å². The fourth-order valence-corrected chi connectivity index (χ4v) is 3.22. The summed E-state index contributed by atoms with van der Waals surface area (Å²) in [7, 11) is -1.50. The van der Waals surface area contributed by atoms with Crippen LogP contribution in [0.1, 0.15) is 18.9 Å². The zero-order valence-electron chi connectivity index (χ0n) is 11.3. The number of sulfone groups is 1. The van der Waals surface area contributed by atoms with E-state index in [2.05, 4.69) is 0 Å². The number of ether oxygens (including phenoxy) is 1. The van der Waals surface area contributed by atoms with Crippen LogP contribution >= 0.6 is 10.7 Å². The van der Waals surface area contributed by atoms with Crippen molar-refractivity contribution in [3.63, 3.8) is 0 Å². The van der Waals surface area contributed by atoms with Crippen LogP contribution in [0.2, 0.25) is 0 Å². The van der Waals surface area contributed by atoms with Crippen LogP contribution in [-0.4, -0.2) is 34.9 Å². The number of halogens is 1. The zero-order valence-corrected chi connectivity index (χ0v) is 13.7. The molecule has 0 unspecified atom stereocenters. The molecule has 0 aromatic heterocycles. The highest BCUT2D eigenvalue weighted by molar-refractivity contribution is 8.13. The third kappa shape index (κ3) is 5.30. The van der Waals surface area contributed by atoms with Crippen molar-refractivity contribution in [2.75, 3.05) is 18.1 Å². The average Bonchev–Trinajstić information content (AvgIpc) is 2.35. The van der Waals surface area contributed by atoms with Crippen molar-refractivity contribution in [3.8, 4) is 5.75 Å². The number of hydrogen-bond acceptors (Lipinski definition) is 5. The molecule has 0 heterocycles. The first-order chi connectivity index (χ1) is 9.15. The molecule has 0 bridgehead atoms. The molecule has 0 radical (unpaired) electrons. The van der Waals surface area contributed by atoms with E-state index in [0.29, 0.717) is 17.7 Å². The monoisotopic (exact) mass is 340 g/mol. The van der Waals surface area contributed by atoms with Crippen molar-refractivity contribution in [3.05, 3.63) is 23.8 Å². The van der Waals surface area contributed by atoms with Crippen LogP contribution in [0.5, 0.6) is 5.75 Å². The minimum atomic E-state index is -3.75. The van der Waals surface area contributed by atoms with E-state index in [0.717, 1.165) is 0 Å². The zero-order chi connectivity index (χ0) is 15.4. The van der Waals surface area contributed by atoms with Gasteiger partial charge in [0, 0.05) is 16.4 Å². The van der Waals surface area contributed by atoms with Gasteiger partial charge in [-0.3, -0.25) is 0 Å². The van der Waals surface area contributed by atoms with Crippen LogP contribution in [0.25, 0.3) is 0 Å². The molecular formula is C12H17ClO5S2. The average molecular weight is 341 g/mol. The van der Waals surface area contributed by atoms with Gasteiger partial charge < -0.3 is 4.74 Å². The lowest BCUT2D eigenvalue weighted by Crippen LogP contribution is -2.12. The minimum Gasteiger partial charge on any atom is -0.493 e. The van der Waals surface area contributed by atoms with Gasteiger partial charge in [-0.1, -0.05) is 6.92 Å². The first-order valence-electron chi connectivity index (χ1n) is 6.04. The third-order valence-electron chi connectivity index (χ3n) is 2.73. The van der Waals surface area contributed by atoms with Gasteiger partial charge in [-0.25, -0.2) is 16.8 Å². The van der Waals surface area contributed by atoms with Gasteiger partial charge in [0.1, 0.15) is 15.6 Å². The van der Waals surface area contributed by atoms with Crippen molar-refractivity contribution in [2.24, 2.45) is 0 Å². The Labute approximate surface area is 124 Å². The Morgan fingerprint density at radius 2 is 1.85 bits per heavy atom. The number of rotatable bonds is 7. The summed E-state index contributed by atoms with van der Waals surface area (Å²) < 4.78 is 50.3. The SMILES string of the molecule is CCS(=O)(=O)CCCOc1ccc(S(=O)(=O)Cl)cc1C. The highest BCUT2D eigenvalue weighted by atomic mass is 35.7. The van der Waals surface area contributed by atoms with Crippen LogP contribution in [0, 0.1) is 6.92 Å². The van der Waals surface area contributed by atoms with Crippen LogP contribution in [0.4, 0.5) is 0 Å². The van der Waals surface area contributed by atoms with Crippen molar-refractivity contribution in [1.29, 1.82) is 0 Å². The number of benzene rings is 1. The topological polar surface area (TPSA) is 77.5 Å². The number of aryl methyl sites for hydroxylation is 1. The van der Waals surface area contributed by atoms with E-state index < -0.39 is 18.9 Å². The van der Waals surface area contributed by atoms with E-state index in [1.54, 1.807) is 13.8 Å². The predicted octanol–water partition coefficient (Wildman–Crippen LogP) is 2.13. The first kappa shape index (κ1) is 17.3. The van der Waals surface area contributed by atoms with E-state index in [1.807, 2.05) is 0 Å². The Morgan fingerprint density at radius 3 is 2.35 bits per heavy atom. The molecule has 0 spiro atoms. The summed E-state index contributed by atoms with van der Waals surface area (Å²) in [6.07, 6.45) is 0.394. The van der Waals surface area contributed by atoms with Gasteiger partial charge in [0.2, 0.25) is 0 Å². The van der Waals surface area contributed by atoms with Crippen molar-refractivity contribution in [2.45, 2.75) is 25.2 Å². The Bertz CT molecular complexity index is 665. The highest BCUT2D eigenvalue weighted by Crippen LogP contribution is 2.23. The molecule has 0 fully saturated rings. The molecule has 20 heavy (non-hydrogen) atoms. The van der Waals surface area contributed by atoms with Gasteiger partial charge in [0.15, 0.2) is 0 Å². The molecule has 0 amide bonds. The summed E-state index contributed by atoms with van der Waals surface area (Å²) >= 11 is 0. The largest absolute Gasteiger partial charge is 0.493 e. The van der Waals surface area contributed by atoms with E-state index >= 15 is 0 Å². The molecule has 0 saturated carbocycles. The van der Waals surface area contributed by atoms with Gasteiger partial charge in [0.05, 0.1) is 17.3 Å². The molecule has 1 rings (SSSR count). The molecule has 0 aliphatic heterocycles. The van der Waals surface area contributed by atoms with E-state index in [4.69, 9.17) is 15.4 Å². The molecule has 5 nitrogen and oxygen atoms in total. The third-order valence-corrected chi connectivity index (χ3v) is 5.87. The molecule has 8 heteroatoms. The fraction of sp³-hybridized carbons (Fsp3) is 0.500. The summed E-state index contributed by atoms with van der Waals surface area (Å²) in [4.78, 5) is 0.0116. The lowest BCUT2D eigenvalue weighted by atomic mass is 10.2. The molecule has 0 aliphatic carbocycles. The van der Waals surface area contributed by atoms with Gasteiger partial charge in [0.25, 0.3) is 9.05 Å². The second kappa shape index (κ2) is 6.78. The quantitative estimate of drug-likeness (QED) is 0.561. The second-order valence-electron chi connectivity index (χ2n) is 4.30. The summed E-state index contributed by atoms with van der Waals surface area (Å²) in [5, 5.41) is 0. The standard InChI is InChI=1S/C12H17ClO5S2/c1-3-19(14,15)8-4-7-18-12-6-5-11(9-10(12)2)20(13,16)17/h5-6,9H,3-4,7-8H2,1-2H3. The molecule has 0 saturated heterocycles.